The van der Waals surface area contributed by atoms with Crippen LogP contribution in [0.3, 0.4) is 0 Å². The highest BCUT2D eigenvalue weighted by atomic mass is 15.4. The molecule has 0 radical (unpaired) electrons. The largest absolute Gasteiger partial charge is 0.300 e. The third-order valence-electron chi connectivity index (χ3n) is 4.35. The molecule has 0 bridgehead atoms. The molecule has 2 heteroatoms. The average Bonchev–Trinajstić information content (AvgIpc) is 2.60. The van der Waals surface area contributed by atoms with Gasteiger partial charge in [-0.1, -0.05) is 38.2 Å². The molecule has 0 aromatic carbocycles. The lowest BCUT2D eigenvalue weighted by molar-refractivity contribution is 0.345. The first kappa shape index (κ1) is 14.6. The van der Waals surface area contributed by atoms with Crippen LogP contribution in [-0.4, -0.2) is 24.3 Å². The Bertz CT molecular complexity index is 317. The van der Waals surface area contributed by atoms with Crippen molar-refractivity contribution in [3.05, 3.63) is 11.6 Å². The summed E-state index contributed by atoms with van der Waals surface area (Å²) in [6, 6.07) is 0. The van der Waals surface area contributed by atoms with Gasteiger partial charge in [-0.25, -0.2) is 0 Å². The Kier molecular flexibility index (Phi) is 6.46. The van der Waals surface area contributed by atoms with Crippen molar-refractivity contribution in [3.8, 4) is 0 Å². The van der Waals surface area contributed by atoms with Crippen molar-refractivity contribution >= 4 is 5.71 Å². The topological polar surface area (TPSA) is 15.6 Å². The highest BCUT2D eigenvalue weighted by Gasteiger charge is 2.11. The maximum Gasteiger partial charge on any atom is 0.0634 e. The second-order valence-electron chi connectivity index (χ2n) is 6.13. The number of hydrogen-bond acceptors (Lipinski definition) is 2. The maximum atomic E-state index is 4.90. The zero-order valence-electron chi connectivity index (χ0n) is 12.7. The van der Waals surface area contributed by atoms with Crippen molar-refractivity contribution in [2.24, 2.45) is 5.10 Å². The van der Waals surface area contributed by atoms with Crippen LogP contribution in [0.25, 0.3) is 0 Å². The second-order valence-corrected chi connectivity index (χ2v) is 6.13. The smallest absolute Gasteiger partial charge is 0.0634 e. The van der Waals surface area contributed by atoms with Crippen LogP contribution in [0.4, 0.5) is 0 Å². The number of rotatable bonds is 1. The normalized spacial score (nSPS) is 23.9. The zero-order chi connectivity index (χ0) is 13.3. The van der Waals surface area contributed by atoms with Crippen LogP contribution in [0.5, 0.6) is 0 Å². The Balaban J connectivity index is 2.06. The Morgan fingerprint density at radius 2 is 1.53 bits per heavy atom. The lowest BCUT2D eigenvalue weighted by atomic mass is 9.98. The van der Waals surface area contributed by atoms with E-state index in [1.807, 2.05) is 0 Å². The van der Waals surface area contributed by atoms with Crippen molar-refractivity contribution in [2.45, 2.75) is 77.0 Å². The van der Waals surface area contributed by atoms with E-state index >= 15 is 0 Å². The molecule has 0 spiro atoms. The zero-order valence-corrected chi connectivity index (χ0v) is 12.7. The van der Waals surface area contributed by atoms with Crippen LogP contribution in [0.2, 0.25) is 0 Å². The molecule has 0 fully saturated rings. The predicted molar refractivity (Wildman–Crippen MR) is 83.6 cm³/mol. The van der Waals surface area contributed by atoms with Crippen molar-refractivity contribution in [1.82, 2.24) is 5.01 Å². The molecule has 0 amide bonds. The van der Waals surface area contributed by atoms with Crippen molar-refractivity contribution in [2.75, 3.05) is 13.6 Å². The Morgan fingerprint density at radius 3 is 2.42 bits per heavy atom. The van der Waals surface area contributed by atoms with Gasteiger partial charge < -0.3 is 0 Å². The van der Waals surface area contributed by atoms with Gasteiger partial charge in [0.05, 0.1) is 5.71 Å². The quantitative estimate of drug-likeness (QED) is 0.655. The van der Waals surface area contributed by atoms with Gasteiger partial charge in [0.2, 0.25) is 0 Å². The molecule has 2 rings (SSSR count). The van der Waals surface area contributed by atoms with E-state index in [-0.39, 0.29) is 0 Å². The summed E-state index contributed by atoms with van der Waals surface area (Å²) < 4.78 is 0. The molecule has 2 aliphatic rings. The fourth-order valence-electron chi connectivity index (χ4n) is 3.15. The molecule has 0 saturated heterocycles. The molecule has 1 heterocycles. The summed E-state index contributed by atoms with van der Waals surface area (Å²) in [5, 5.41) is 7.08. The molecule has 1 aliphatic carbocycles. The first-order valence-electron chi connectivity index (χ1n) is 8.34. The van der Waals surface area contributed by atoms with Crippen LogP contribution in [-0.2, 0) is 0 Å². The highest BCUT2D eigenvalue weighted by Crippen LogP contribution is 2.21. The minimum absolute atomic E-state index is 1.12. The molecule has 0 saturated carbocycles. The van der Waals surface area contributed by atoms with Gasteiger partial charge in [0.25, 0.3) is 0 Å². The lowest BCUT2D eigenvalue weighted by Gasteiger charge is -2.16. The van der Waals surface area contributed by atoms with E-state index in [9.17, 15) is 0 Å². The standard InChI is InChI=1S/C17H30N2/c1-19-15-11-7-6-10-14-17(18-19)16-12-8-4-2-3-5-9-13-16/h12H,2-11,13-15H2,1H3. The van der Waals surface area contributed by atoms with Crippen LogP contribution in [0.15, 0.2) is 16.8 Å². The fraction of sp³-hybridized carbons (Fsp3) is 0.824. The fourth-order valence-corrected chi connectivity index (χ4v) is 3.15. The monoisotopic (exact) mass is 262 g/mol. The molecule has 0 aromatic heterocycles. The molecule has 0 N–H and O–H groups in total. The van der Waals surface area contributed by atoms with E-state index in [2.05, 4.69) is 18.1 Å². The van der Waals surface area contributed by atoms with E-state index in [1.165, 1.54) is 82.8 Å². The molecule has 0 atom stereocenters. The summed E-state index contributed by atoms with van der Waals surface area (Å²) in [7, 11) is 2.14. The molecule has 19 heavy (non-hydrogen) atoms. The van der Waals surface area contributed by atoms with Gasteiger partial charge in [-0.2, -0.15) is 5.10 Å². The van der Waals surface area contributed by atoms with Crippen molar-refractivity contribution in [1.29, 1.82) is 0 Å². The highest BCUT2D eigenvalue weighted by molar-refractivity contribution is 5.99. The van der Waals surface area contributed by atoms with E-state index in [0.717, 1.165) is 6.54 Å². The van der Waals surface area contributed by atoms with Gasteiger partial charge in [0.1, 0.15) is 0 Å². The van der Waals surface area contributed by atoms with E-state index in [4.69, 9.17) is 5.10 Å². The van der Waals surface area contributed by atoms with Gasteiger partial charge in [0, 0.05) is 13.6 Å². The Hall–Kier alpha value is -0.790. The summed E-state index contributed by atoms with van der Waals surface area (Å²) in [4.78, 5) is 0. The van der Waals surface area contributed by atoms with Crippen LogP contribution >= 0.6 is 0 Å². The van der Waals surface area contributed by atoms with Gasteiger partial charge in [-0.05, 0) is 50.5 Å². The molecular weight excluding hydrogens is 232 g/mol. The van der Waals surface area contributed by atoms with Gasteiger partial charge in [0.15, 0.2) is 0 Å². The van der Waals surface area contributed by atoms with Gasteiger partial charge >= 0.3 is 0 Å². The first-order valence-corrected chi connectivity index (χ1v) is 8.34. The first-order chi connectivity index (χ1) is 9.36. The summed E-state index contributed by atoms with van der Waals surface area (Å²) in [5.41, 5.74) is 2.96. The lowest BCUT2D eigenvalue weighted by Crippen LogP contribution is -2.16. The van der Waals surface area contributed by atoms with Crippen LogP contribution < -0.4 is 0 Å². The predicted octanol–water partition coefficient (Wildman–Crippen LogP) is 4.91. The molecule has 0 aromatic rings. The summed E-state index contributed by atoms with van der Waals surface area (Å²) in [5.74, 6) is 0. The Morgan fingerprint density at radius 1 is 0.842 bits per heavy atom. The number of allylic oxidation sites excluding steroid dienone is 2. The van der Waals surface area contributed by atoms with Gasteiger partial charge in [-0.3, -0.25) is 5.01 Å². The summed E-state index contributed by atoms with van der Waals surface area (Å²) in [6.07, 6.45) is 18.5. The summed E-state index contributed by atoms with van der Waals surface area (Å²) in [6.45, 7) is 1.12. The third-order valence-corrected chi connectivity index (χ3v) is 4.35. The van der Waals surface area contributed by atoms with Crippen molar-refractivity contribution in [3.63, 3.8) is 0 Å². The minimum Gasteiger partial charge on any atom is -0.300 e. The Labute approximate surface area is 119 Å². The molecule has 108 valence electrons. The van der Waals surface area contributed by atoms with E-state index < -0.39 is 0 Å². The molecular formula is C17H30N2. The maximum absolute atomic E-state index is 4.90. The molecule has 1 aliphatic heterocycles. The van der Waals surface area contributed by atoms with Crippen LogP contribution in [0.1, 0.15) is 77.0 Å². The number of hydrogen-bond donors (Lipinski definition) is 0. The van der Waals surface area contributed by atoms with Crippen molar-refractivity contribution < 1.29 is 0 Å². The molecule has 0 unspecified atom stereocenters. The third kappa shape index (κ3) is 5.38. The number of hydrazone groups is 1. The average molecular weight is 262 g/mol. The SMILES string of the molecule is CN1CCCCCCC(C2=CCCCCCCC2)=N1. The minimum atomic E-state index is 1.12. The molecule has 2 nitrogen and oxygen atoms in total. The van der Waals surface area contributed by atoms with E-state index in [1.54, 1.807) is 5.57 Å². The van der Waals surface area contributed by atoms with Crippen LogP contribution in [0, 0.1) is 0 Å². The van der Waals surface area contributed by atoms with Gasteiger partial charge in [-0.15, -0.1) is 0 Å². The number of nitrogens with zero attached hydrogens (tertiary/aromatic N) is 2. The second kappa shape index (κ2) is 8.39. The van der Waals surface area contributed by atoms with E-state index in [0.29, 0.717) is 0 Å². The summed E-state index contributed by atoms with van der Waals surface area (Å²) >= 11 is 0.